The summed E-state index contributed by atoms with van der Waals surface area (Å²) in [5.41, 5.74) is 2.18. The van der Waals surface area contributed by atoms with Crippen molar-refractivity contribution in [2.24, 2.45) is 0 Å². The third-order valence-corrected chi connectivity index (χ3v) is 5.67. The number of aryl methyl sites for hydroxylation is 2. The highest BCUT2D eigenvalue weighted by molar-refractivity contribution is 5.69. The van der Waals surface area contributed by atoms with E-state index in [-0.39, 0.29) is 0 Å². The number of hydrogen-bond donors (Lipinski definition) is 1. The van der Waals surface area contributed by atoms with Gasteiger partial charge in [-0.3, -0.25) is 4.98 Å². The average molecular weight is 428 g/mol. The number of rotatable bonds is 5. The maximum atomic E-state index is 11.4. The molecule has 8 nitrogen and oxygen atoms in total. The normalized spacial score (nSPS) is 18.1. The molecule has 3 aromatic heterocycles. The molecule has 32 heavy (non-hydrogen) atoms. The lowest BCUT2D eigenvalue weighted by atomic mass is 9.90. The topological polar surface area (TPSA) is 90.9 Å². The predicted molar refractivity (Wildman–Crippen MR) is 120 cm³/mol. The van der Waals surface area contributed by atoms with Gasteiger partial charge in [0, 0.05) is 18.9 Å². The summed E-state index contributed by atoms with van der Waals surface area (Å²) in [6, 6.07) is 11.5. The minimum atomic E-state index is -1.23. The van der Waals surface area contributed by atoms with Crippen molar-refractivity contribution >= 4 is 12.2 Å². The summed E-state index contributed by atoms with van der Waals surface area (Å²) in [5.74, 6) is 1.82. The van der Waals surface area contributed by atoms with Crippen molar-refractivity contribution in [3.63, 3.8) is 0 Å². The van der Waals surface area contributed by atoms with Gasteiger partial charge < -0.3 is 14.4 Å². The van der Waals surface area contributed by atoms with Gasteiger partial charge in [0.15, 0.2) is 17.2 Å². The molecule has 0 bridgehead atoms. The molecule has 4 aromatic rings. The summed E-state index contributed by atoms with van der Waals surface area (Å²) in [4.78, 5) is 13.3. The molecule has 0 fully saturated rings. The molecule has 1 aromatic carbocycles. The van der Waals surface area contributed by atoms with Gasteiger partial charge in [-0.05, 0) is 55.7 Å². The molecule has 4 heterocycles. The number of methoxy groups -OCH3 is 1. The number of hydrogen-bond acceptors (Lipinski definition) is 6. The first-order valence-electron chi connectivity index (χ1n) is 10.5. The number of imidazole rings is 1. The van der Waals surface area contributed by atoms with Gasteiger partial charge in [0.1, 0.15) is 5.75 Å². The van der Waals surface area contributed by atoms with Crippen molar-refractivity contribution in [1.29, 1.82) is 0 Å². The summed E-state index contributed by atoms with van der Waals surface area (Å²) in [7, 11) is 1.65. The van der Waals surface area contributed by atoms with Crippen LogP contribution in [-0.2, 0) is 12.1 Å². The third kappa shape index (κ3) is 3.58. The minimum Gasteiger partial charge on any atom is -0.495 e. The van der Waals surface area contributed by atoms with E-state index in [4.69, 9.17) is 4.74 Å². The van der Waals surface area contributed by atoms with Crippen molar-refractivity contribution in [2.75, 3.05) is 7.11 Å². The van der Waals surface area contributed by atoms with E-state index in [1.807, 2.05) is 66.2 Å². The molecule has 0 saturated carbocycles. The molecule has 162 valence electrons. The summed E-state index contributed by atoms with van der Waals surface area (Å²) < 4.78 is 9.30. The molecule has 0 saturated heterocycles. The number of aromatic nitrogens is 6. The lowest BCUT2D eigenvalue weighted by Crippen LogP contribution is -2.36. The first-order valence-corrected chi connectivity index (χ1v) is 10.5. The van der Waals surface area contributed by atoms with E-state index in [0.717, 1.165) is 35.7 Å². The molecule has 0 aliphatic carbocycles. The number of ether oxygens (including phenoxy) is 1. The summed E-state index contributed by atoms with van der Waals surface area (Å²) in [6.07, 6.45) is 10.6. The number of benzene rings is 1. The summed E-state index contributed by atoms with van der Waals surface area (Å²) in [5, 5.41) is 16.0. The quantitative estimate of drug-likeness (QED) is 0.524. The molecule has 0 amide bonds. The molecule has 1 aliphatic rings. The van der Waals surface area contributed by atoms with Crippen LogP contribution in [0, 0.1) is 6.92 Å². The maximum Gasteiger partial charge on any atom is 0.174 e. The molecule has 8 heteroatoms. The summed E-state index contributed by atoms with van der Waals surface area (Å²) >= 11 is 0. The Labute approximate surface area is 185 Å². The van der Waals surface area contributed by atoms with Crippen LogP contribution in [0.3, 0.4) is 0 Å². The van der Waals surface area contributed by atoms with Crippen LogP contribution in [-0.4, -0.2) is 41.5 Å². The fourth-order valence-corrected chi connectivity index (χ4v) is 4.07. The van der Waals surface area contributed by atoms with E-state index < -0.39 is 5.60 Å². The Morgan fingerprint density at radius 1 is 1.16 bits per heavy atom. The maximum absolute atomic E-state index is 11.4. The zero-order valence-electron chi connectivity index (χ0n) is 18.0. The van der Waals surface area contributed by atoms with Crippen LogP contribution in [0.5, 0.6) is 5.75 Å². The first kappa shape index (κ1) is 20.1. The molecule has 1 N–H and O–H groups in total. The second kappa shape index (κ2) is 8.05. The monoisotopic (exact) mass is 428 g/mol. The van der Waals surface area contributed by atoms with E-state index in [1.54, 1.807) is 24.3 Å². The standard InChI is InChI=1S/C24H24N6O2/c1-17-15-29(16-26-17)19-9-7-18(14-20(19)32-2)8-10-22-27-23-24(31,11-5-13-30(23)28-22)21-6-3-4-12-25-21/h3-4,6-10,12,14-16,31H,5,11,13H2,1-2H3/t24-/m0/s1. The molecule has 0 spiro atoms. The van der Waals surface area contributed by atoms with Crippen molar-refractivity contribution in [3.8, 4) is 11.4 Å². The molecule has 1 aliphatic heterocycles. The lowest BCUT2D eigenvalue weighted by Gasteiger charge is -2.30. The second-order valence-corrected chi connectivity index (χ2v) is 7.88. The Hall–Kier alpha value is -3.78. The SMILES string of the molecule is COc1cc(C=Cc2nc3n(n2)CCC[C@]3(O)c2ccccn2)ccc1-n1cnc(C)c1. The van der Waals surface area contributed by atoms with E-state index >= 15 is 0 Å². The van der Waals surface area contributed by atoms with E-state index in [0.29, 0.717) is 23.8 Å². The smallest absolute Gasteiger partial charge is 0.174 e. The molecule has 0 radical (unpaired) electrons. The highest BCUT2D eigenvalue weighted by Crippen LogP contribution is 2.35. The van der Waals surface area contributed by atoms with Crippen LogP contribution in [0.1, 0.15) is 41.4 Å². The minimum absolute atomic E-state index is 0.533. The molecular formula is C24H24N6O2. The van der Waals surface area contributed by atoms with Gasteiger partial charge in [0.25, 0.3) is 0 Å². The molecular weight excluding hydrogens is 404 g/mol. The van der Waals surface area contributed by atoms with Crippen LogP contribution in [0.25, 0.3) is 17.8 Å². The van der Waals surface area contributed by atoms with E-state index in [1.165, 1.54) is 0 Å². The highest BCUT2D eigenvalue weighted by atomic mass is 16.5. The van der Waals surface area contributed by atoms with Crippen molar-refractivity contribution < 1.29 is 9.84 Å². The number of aliphatic hydroxyl groups is 1. The lowest BCUT2D eigenvalue weighted by molar-refractivity contribution is 0.0354. The molecule has 5 rings (SSSR count). The van der Waals surface area contributed by atoms with Gasteiger partial charge in [0.2, 0.25) is 0 Å². The van der Waals surface area contributed by atoms with Gasteiger partial charge in [-0.1, -0.05) is 18.2 Å². The predicted octanol–water partition coefficient (Wildman–Crippen LogP) is 3.38. The van der Waals surface area contributed by atoms with Crippen LogP contribution in [0.2, 0.25) is 0 Å². The number of pyridine rings is 1. The highest BCUT2D eigenvalue weighted by Gasteiger charge is 2.40. The molecule has 1 atom stereocenters. The van der Waals surface area contributed by atoms with Crippen LogP contribution in [0.15, 0.2) is 55.1 Å². The van der Waals surface area contributed by atoms with Gasteiger partial charge >= 0.3 is 0 Å². The summed E-state index contributed by atoms with van der Waals surface area (Å²) in [6.45, 7) is 2.67. The Bertz CT molecular complexity index is 1280. The van der Waals surface area contributed by atoms with E-state index in [2.05, 4.69) is 20.1 Å². The van der Waals surface area contributed by atoms with E-state index in [9.17, 15) is 5.11 Å². The third-order valence-electron chi connectivity index (χ3n) is 5.67. The fraction of sp³-hybridized carbons (Fsp3) is 0.250. The zero-order chi connectivity index (χ0) is 22.1. The van der Waals surface area contributed by atoms with Crippen LogP contribution < -0.4 is 4.74 Å². The van der Waals surface area contributed by atoms with Crippen LogP contribution >= 0.6 is 0 Å². The average Bonchev–Trinajstić information content (AvgIpc) is 3.45. The Balaban J connectivity index is 1.44. The Kier molecular flexibility index (Phi) is 5.07. The van der Waals surface area contributed by atoms with Crippen molar-refractivity contribution in [2.45, 2.75) is 31.9 Å². The Morgan fingerprint density at radius 3 is 2.81 bits per heavy atom. The zero-order valence-corrected chi connectivity index (χ0v) is 18.0. The van der Waals surface area contributed by atoms with Crippen molar-refractivity contribution in [1.82, 2.24) is 29.3 Å². The second-order valence-electron chi connectivity index (χ2n) is 7.88. The van der Waals surface area contributed by atoms with Gasteiger partial charge in [-0.2, -0.15) is 5.10 Å². The first-order chi connectivity index (χ1) is 15.6. The van der Waals surface area contributed by atoms with Gasteiger partial charge in [-0.25, -0.2) is 14.6 Å². The van der Waals surface area contributed by atoms with Crippen LogP contribution in [0.4, 0.5) is 0 Å². The number of nitrogens with zero attached hydrogens (tertiary/aromatic N) is 6. The van der Waals surface area contributed by atoms with Gasteiger partial charge in [0.05, 0.1) is 30.5 Å². The fourth-order valence-electron chi connectivity index (χ4n) is 4.07. The Morgan fingerprint density at radius 2 is 2.06 bits per heavy atom. The van der Waals surface area contributed by atoms with Gasteiger partial charge in [-0.15, -0.1) is 0 Å². The molecule has 0 unspecified atom stereocenters. The largest absolute Gasteiger partial charge is 0.495 e. The number of fused-ring (bicyclic) bond motifs is 1. The van der Waals surface area contributed by atoms with Crippen molar-refractivity contribution in [3.05, 3.63) is 83.7 Å².